The van der Waals surface area contributed by atoms with E-state index in [1.807, 2.05) is 0 Å². The number of aromatic hydroxyl groups is 1. The highest BCUT2D eigenvalue weighted by molar-refractivity contribution is 7.95. The van der Waals surface area contributed by atoms with Crippen molar-refractivity contribution in [1.82, 2.24) is 0 Å². The van der Waals surface area contributed by atoms with Gasteiger partial charge in [0.25, 0.3) is 20.2 Å². The Morgan fingerprint density at radius 1 is 0.683 bits per heavy atom. The predicted octanol–water partition coefficient (Wildman–Crippen LogP) is 8.58. The second-order valence-corrected chi connectivity index (χ2v) is 16.0. The van der Waals surface area contributed by atoms with Crippen LogP contribution in [0, 0.1) is 6.92 Å². The standard InChI is InChI=1S/C33H31N7O16S4/c1-16-8-24(27(51-2)14-22(16)35-39-26-12-19(57-55-53-43)4-5-30(26)59(45,46)47)37-36-23-15-28(52-3)25(9-17(23)6-7-41)38-40-32-29(58-56-54-44)10-18-11-31(60(48,49)50)21(34)13-20(18)33(32)42/h4-5,8-15,41-44H,6-7,34H2,1-3H3,(H,45,46,47)(H,48,49,50). The maximum absolute atomic E-state index is 12.0. The van der Waals surface area contributed by atoms with Crippen molar-refractivity contribution in [2.24, 2.45) is 30.7 Å². The fraction of sp³-hybridized carbons (Fsp3) is 0.152. The van der Waals surface area contributed by atoms with E-state index in [0.29, 0.717) is 35.2 Å². The van der Waals surface area contributed by atoms with Gasteiger partial charge >= 0.3 is 0 Å². The monoisotopic (exact) mass is 909 g/mol. The van der Waals surface area contributed by atoms with Gasteiger partial charge in [0.2, 0.25) is 0 Å². The number of benzene rings is 5. The van der Waals surface area contributed by atoms with Crippen LogP contribution in [0.15, 0.2) is 111 Å². The van der Waals surface area contributed by atoms with Gasteiger partial charge in [0.05, 0.1) is 60.3 Å². The number of hydrogen-bond acceptors (Lipinski definition) is 23. The number of aliphatic hydroxyl groups is 1. The van der Waals surface area contributed by atoms with Gasteiger partial charge in [0, 0.05) is 29.0 Å². The number of nitrogens with zero attached hydrogens (tertiary/aromatic N) is 6. The highest BCUT2D eigenvalue weighted by Crippen LogP contribution is 2.47. The van der Waals surface area contributed by atoms with Crippen molar-refractivity contribution in [3.8, 4) is 17.2 Å². The number of phenols is 1. The van der Waals surface area contributed by atoms with Gasteiger partial charge in [-0.1, -0.05) is 10.1 Å². The van der Waals surface area contributed by atoms with Gasteiger partial charge in [-0.3, -0.25) is 9.11 Å². The van der Waals surface area contributed by atoms with E-state index in [1.54, 1.807) is 13.0 Å². The number of nitrogens with two attached hydrogens (primary N) is 1. The normalized spacial score (nSPS) is 12.4. The van der Waals surface area contributed by atoms with Crippen molar-refractivity contribution < 1.29 is 74.9 Å². The summed E-state index contributed by atoms with van der Waals surface area (Å²) < 4.78 is 86.8. The number of methoxy groups -OCH3 is 2. The lowest BCUT2D eigenvalue weighted by molar-refractivity contribution is -0.432. The van der Waals surface area contributed by atoms with E-state index < -0.39 is 35.8 Å². The van der Waals surface area contributed by atoms with Crippen LogP contribution < -0.4 is 15.2 Å². The molecule has 0 aliphatic rings. The molecule has 0 radical (unpaired) electrons. The van der Waals surface area contributed by atoms with Crippen molar-refractivity contribution in [3.05, 3.63) is 71.8 Å². The number of nitrogen functional groups attached to an aromatic ring is 1. The van der Waals surface area contributed by atoms with Crippen LogP contribution in [0.5, 0.6) is 17.2 Å². The highest BCUT2D eigenvalue weighted by Gasteiger charge is 2.22. The molecule has 23 nitrogen and oxygen atoms in total. The highest BCUT2D eigenvalue weighted by atomic mass is 32.2. The molecule has 0 spiro atoms. The summed E-state index contributed by atoms with van der Waals surface area (Å²) in [4.78, 5) is -0.963. The number of azo groups is 3. The molecule has 5 aromatic rings. The van der Waals surface area contributed by atoms with E-state index in [-0.39, 0.29) is 84.9 Å². The number of aryl methyl sites for hydroxylation is 1. The molecule has 0 saturated carbocycles. The quantitative estimate of drug-likeness (QED) is 0.0108. The number of hydrogen-bond donors (Lipinski definition) is 7. The van der Waals surface area contributed by atoms with Crippen LogP contribution in [0.1, 0.15) is 11.1 Å². The Morgan fingerprint density at radius 3 is 1.90 bits per heavy atom. The van der Waals surface area contributed by atoms with Gasteiger partial charge in [-0.2, -0.15) is 21.9 Å². The molecule has 0 atom stereocenters. The van der Waals surface area contributed by atoms with E-state index in [4.69, 9.17) is 25.7 Å². The minimum absolute atomic E-state index is 0.0191. The summed E-state index contributed by atoms with van der Waals surface area (Å²) in [6.45, 7) is 1.33. The van der Waals surface area contributed by atoms with Crippen LogP contribution in [0.3, 0.4) is 0 Å². The van der Waals surface area contributed by atoms with Crippen LogP contribution in [0.4, 0.5) is 39.8 Å². The molecule has 5 aromatic carbocycles. The van der Waals surface area contributed by atoms with Crippen LogP contribution in [-0.4, -0.2) is 67.5 Å². The van der Waals surface area contributed by atoms with Crippen molar-refractivity contribution in [1.29, 1.82) is 0 Å². The lowest BCUT2D eigenvalue weighted by Gasteiger charge is -2.12. The van der Waals surface area contributed by atoms with Gasteiger partial charge in [-0.15, -0.1) is 34.2 Å². The summed E-state index contributed by atoms with van der Waals surface area (Å²) in [5.41, 5.74) is 6.64. The summed E-state index contributed by atoms with van der Waals surface area (Å²) in [7, 11) is -6.76. The van der Waals surface area contributed by atoms with Crippen molar-refractivity contribution in [3.63, 3.8) is 0 Å². The van der Waals surface area contributed by atoms with E-state index in [9.17, 15) is 36.2 Å². The Bertz CT molecular complexity index is 2740. The maximum atomic E-state index is 12.0. The smallest absolute Gasteiger partial charge is 0.296 e. The lowest BCUT2D eigenvalue weighted by atomic mass is 10.1. The molecule has 60 heavy (non-hydrogen) atoms. The largest absolute Gasteiger partial charge is 0.505 e. The molecule has 5 rings (SSSR count). The minimum Gasteiger partial charge on any atom is -0.505 e. The topological polar surface area (TPSA) is 345 Å². The number of fused-ring (bicyclic) bond motifs is 1. The zero-order valence-electron chi connectivity index (χ0n) is 30.8. The lowest BCUT2D eigenvalue weighted by Crippen LogP contribution is -2.03. The third-order valence-corrected chi connectivity index (χ3v) is 11.0. The number of phenolic OH excluding ortho intramolecular Hbond substituents is 1. The number of ether oxygens (including phenoxy) is 2. The molecule has 0 unspecified atom stereocenters. The molecule has 0 aliphatic carbocycles. The molecule has 8 N–H and O–H groups in total. The van der Waals surface area contributed by atoms with Crippen molar-refractivity contribution in [2.45, 2.75) is 32.9 Å². The number of anilines is 1. The second-order valence-electron chi connectivity index (χ2n) is 11.8. The minimum atomic E-state index is -4.74. The molecule has 0 heterocycles. The SMILES string of the molecule is COc1cc(N=Nc2cc(SOOO)ccc2S(=O)(=O)O)c(C)cc1N=Nc1cc(OC)c(N=Nc2c(SOOO)cc3cc(S(=O)(=O)O)c(N)cc3c2O)cc1CCO. The second kappa shape index (κ2) is 19.8. The predicted molar refractivity (Wildman–Crippen MR) is 211 cm³/mol. The molecular weight excluding hydrogens is 879 g/mol. The first-order valence-electron chi connectivity index (χ1n) is 16.3. The first kappa shape index (κ1) is 45.7. The van der Waals surface area contributed by atoms with Gasteiger partial charge in [0.1, 0.15) is 44.0 Å². The molecule has 318 valence electrons. The molecule has 0 bridgehead atoms. The zero-order valence-corrected chi connectivity index (χ0v) is 34.1. The van der Waals surface area contributed by atoms with Crippen molar-refractivity contribution in [2.75, 3.05) is 26.6 Å². The summed E-state index contributed by atoms with van der Waals surface area (Å²) in [5.74, 6) is -0.258. The average Bonchev–Trinajstić information content (AvgIpc) is 3.20. The third-order valence-electron chi connectivity index (χ3n) is 8.03. The van der Waals surface area contributed by atoms with Gasteiger partial charge < -0.3 is 25.4 Å². The molecule has 0 saturated heterocycles. The summed E-state index contributed by atoms with van der Waals surface area (Å²) in [5, 5.41) is 70.8. The van der Waals surface area contributed by atoms with Crippen LogP contribution in [0.2, 0.25) is 0 Å². The van der Waals surface area contributed by atoms with E-state index in [0.717, 1.165) is 18.2 Å². The maximum Gasteiger partial charge on any atom is 0.296 e. The molecule has 0 aromatic heterocycles. The van der Waals surface area contributed by atoms with Crippen molar-refractivity contribution >= 4 is 94.9 Å². The number of aliphatic hydroxyl groups excluding tert-OH is 1. The average molecular weight is 910 g/mol. The van der Waals surface area contributed by atoms with Gasteiger partial charge in [-0.25, -0.2) is 10.5 Å². The fourth-order valence-electron chi connectivity index (χ4n) is 5.31. The first-order chi connectivity index (χ1) is 28.5. The molecular formula is C33H31N7O16S4. The summed E-state index contributed by atoms with van der Waals surface area (Å²) in [6.07, 6.45) is 0.0557. The Labute approximate surface area is 347 Å². The van der Waals surface area contributed by atoms with Gasteiger partial charge in [0.15, 0.2) is 5.75 Å². The summed E-state index contributed by atoms with van der Waals surface area (Å²) in [6, 6.07) is 12.9. The Hall–Kier alpha value is -5.40. The van der Waals surface area contributed by atoms with E-state index in [1.165, 1.54) is 50.6 Å². The zero-order chi connectivity index (χ0) is 43.8. The Balaban J connectivity index is 1.51. The van der Waals surface area contributed by atoms with E-state index >= 15 is 0 Å². The molecule has 0 fully saturated rings. The van der Waals surface area contributed by atoms with Crippen LogP contribution in [-0.2, 0) is 45.4 Å². The van der Waals surface area contributed by atoms with Crippen LogP contribution >= 0.6 is 24.1 Å². The van der Waals surface area contributed by atoms with Gasteiger partial charge in [-0.05, 0) is 78.4 Å². The Kier molecular flexibility index (Phi) is 15.1. The first-order valence-corrected chi connectivity index (χ1v) is 20.6. The molecule has 0 aliphatic heterocycles. The number of rotatable bonds is 18. The molecule has 27 heteroatoms. The molecule has 0 amide bonds. The third kappa shape index (κ3) is 10.9. The Morgan fingerprint density at radius 2 is 1.27 bits per heavy atom. The van der Waals surface area contributed by atoms with E-state index in [2.05, 4.69) is 49.4 Å². The summed E-state index contributed by atoms with van der Waals surface area (Å²) >= 11 is 0.908. The van der Waals surface area contributed by atoms with Crippen LogP contribution in [0.25, 0.3) is 10.8 Å². The fourth-order valence-corrected chi connectivity index (χ4v) is 7.44.